The number of methoxy groups -OCH3 is 1. The van der Waals surface area contributed by atoms with Gasteiger partial charge in [0.1, 0.15) is 5.75 Å². The van der Waals surface area contributed by atoms with Gasteiger partial charge in [0.25, 0.3) is 0 Å². The predicted molar refractivity (Wildman–Crippen MR) is 85.2 cm³/mol. The first-order chi connectivity index (χ1) is 10.3. The van der Waals surface area contributed by atoms with Gasteiger partial charge in [0.05, 0.1) is 7.11 Å². The fraction of sp³-hybridized carbons (Fsp3) is 0.167. The molecule has 0 unspecified atom stereocenters. The predicted octanol–water partition coefficient (Wildman–Crippen LogP) is 3.07. The van der Waals surface area contributed by atoms with Gasteiger partial charge >= 0.3 is 0 Å². The minimum absolute atomic E-state index is 0.0891. The maximum absolute atomic E-state index is 11.7. The minimum Gasteiger partial charge on any atom is -0.497 e. The van der Waals surface area contributed by atoms with Gasteiger partial charge in [0, 0.05) is 12.6 Å². The van der Waals surface area contributed by atoms with Crippen LogP contribution in [0, 0.1) is 0 Å². The van der Waals surface area contributed by atoms with Crippen LogP contribution >= 0.6 is 0 Å². The SMILES string of the molecule is COc1cccc(/C=C/C(=O)NCCc2ccccc2)c1. The van der Waals surface area contributed by atoms with Crippen molar-refractivity contribution >= 4 is 12.0 Å². The van der Waals surface area contributed by atoms with E-state index >= 15 is 0 Å². The number of nitrogens with one attached hydrogen (secondary N) is 1. The molecule has 0 saturated heterocycles. The zero-order chi connectivity index (χ0) is 14.9. The molecule has 2 aromatic rings. The van der Waals surface area contributed by atoms with Crippen LogP contribution in [-0.4, -0.2) is 19.6 Å². The van der Waals surface area contributed by atoms with E-state index in [1.807, 2.05) is 42.5 Å². The highest BCUT2D eigenvalue weighted by molar-refractivity contribution is 5.91. The zero-order valence-corrected chi connectivity index (χ0v) is 12.1. The second kappa shape index (κ2) is 7.90. The summed E-state index contributed by atoms with van der Waals surface area (Å²) in [6.45, 7) is 0.630. The van der Waals surface area contributed by atoms with Crippen LogP contribution in [0.1, 0.15) is 11.1 Å². The van der Waals surface area contributed by atoms with E-state index < -0.39 is 0 Å². The van der Waals surface area contributed by atoms with Crippen molar-refractivity contribution in [1.82, 2.24) is 5.32 Å². The van der Waals surface area contributed by atoms with E-state index in [0.29, 0.717) is 6.54 Å². The highest BCUT2D eigenvalue weighted by atomic mass is 16.5. The Morgan fingerprint density at radius 1 is 1.14 bits per heavy atom. The summed E-state index contributed by atoms with van der Waals surface area (Å²) in [7, 11) is 1.62. The van der Waals surface area contributed by atoms with E-state index in [1.165, 1.54) is 5.56 Å². The molecule has 0 aromatic heterocycles. The normalized spacial score (nSPS) is 10.5. The van der Waals surface area contributed by atoms with E-state index in [9.17, 15) is 4.79 Å². The van der Waals surface area contributed by atoms with E-state index in [2.05, 4.69) is 17.4 Å². The molecule has 0 fully saturated rings. The molecule has 0 saturated carbocycles. The number of rotatable bonds is 6. The summed E-state index contributed by atoms with van der Waals surface area (Å²) in [6.07, 6.45) is 4.15. The number of benzene rings is 2. The van der Waals surface area contributed by atoms with Crippen LogP contribution in [0.2, 0.25) is 0 Å². The lowest BCUT2D eigenvalue weighted by molar-refractivity contribution is -0.116. The summed E-state index contributed by atoms with van der Waals surface area (Å²) < 4.78 is 5.14. The molecule has 0 aliphatic rings. The Labute approximate surface area is 125 Å². The van der Waals surface area contributed by atoms with Crippen LogP contribution in [0.15, 0.2) is 60.7 Å². The Bertz CT molecular complexity index is 606. The number of carbonyl (C=O) groups excluding carboxylic acids is 1. The van der Waals surface area contributed by atoms with E-state index in [0.717, 1.165) is 17.7 Å². The topological polar surface area (TPSA) is 38.3 Å². The Morgan fingerprint density at radius 3 is 2.71 bits per heavy atom. The van der Waals surface area contributed by atoms with Crippen LogP contribution in [-0.2, 0) is 11.2 Å². The first-order valence-corrected chi connectivity index (χ1v) is 6.92. The number of hydrogen-bond donors (Lipinski definition) is 1. The number of amides is 1. The van der Waals surface area contributed by atoms with Gasteiger partial charge in [0.15, 0.2) is 0 Å². The van der Waals surface area contributed by atoms with Crippen molar-refractivity contribution in [2.45, 2.75) is 6.42 Å². The smallest absolute Gasteiger partial charge is 0.244 e. The van der Waals surface area contributed by atoms with Gasteiger partial charge < -0.3 is 10.1 Å². The molecule has 2 aromatic carbocycles. The van der Waals surface area contributed by atoms with Crippen LogP contribution in [0.4, 0.5) is 0 Å². The molecule has 0 spiro atoms. The van der Waals surface area contributed by atoms with Crippen LogP contribution < -0.4 is 10.1 Å². The summed E-state index contributed by atoms with van der Waals surface area (Å²) >= 11 is 0. The first-order valence-electron chi connectivity index (χ1n) is 6.92. The molecule has 21 heavy (non-hydrogen) atoms. The second-order valence-electron chi connectivity index (χ2n) is 4.64. The average molecular weight is 281 g/mol. The quantitative estimate of drug-likeness (QED) is 0.826. The first kappa shape index (κ1) is 14.9. The van der Waals surface area contributed by atoms with Crippen molar-refractivity contribution in [3.63, 3.8) is 0 Å². The molecule has 3 heteroatoms. The zero-order valence-electron chi connectivity index (χ0n) is 12.1. The van der Waals surface area contributed by atoms with Crippen molar-refractivity contribution in [3.05, 3.63) is 71.8 Å². The Morgan fingerprint density at radius 2 is 1.95 bits per heavy atom. The third kappa shape index (κ3) is 5.15. The van der Waals surface area contributed by atoms with Gasteiger partial charge in [0.2, 0.25) is 5.91 Å². The molecular weight excluding hydrogens is 262 g/mol. The molecule has 0 atom stereocenters. The molecule has 0 heterocycles. The third-order valence-electron chi connectivity index (χ3n) is 3.08. The molecular formula is C18H19NO2. The Balaban J connectivity index is 1.79. The highest BCUT2D eigenvalue weighted by Crippen LogP contribution is 2.13. The van der Waals surface area contributed by atoms with Gasteiger partial charge in [-0.2, -0.15) is 0 Å². The van der Waals surface area contributed by atoms with Gasteiger partial charge in [-0.15, -0.1) is 0 Å². The Kier molecular flexibility index (Phi) is 5.59. The molecule has 0 radical (unpaired) electrons. The van der Waals surface area contributed by atoms with Gasteiger partial charge in [-0.3, -0.25) is 4.79 Å². The van der Waals surface area contributed by atoms with Crippen LogP contribution in [0.25, 0.3) is 6.08 Å². The van der Waals surface area contributed by atoms with Gasteiger partial charge in [-0.1, -0.05) is 42.5 Å². The molecule has 1 amide bonds. The number of carbonyl (C=O) groups is 1. The standard InChI is InChI=1S/C18H19NO2/c1-21-17-9-5-8-16(14-17)10-11-18(20)19-13-12-15-6-3-2-4-7-15/h2-11,14H,12-13H2,1H3,(H,19,20)/b11-10+. The lowest BCUT2D eigenvalue weighted by Gasteiger charge is -2.03. The van der Waals surface area contributed by atoms with E-state index in [4.69, 9.17) is 4.74 Å². The number of ether oxygens (including phenoxy) is 1. The monoisotopic (exact) mass is 281 g/mol. The Hall–Kier alpha value is -2.55. The molecule has 108 valence electrons. The van der Waals surface area contributed by atoms with Crippen LogP contribution in [0.3, 0.4) is 0 Å². The minimum atomic E-state index is -0.0891. The maximum atomic E-state index is 11.7. The summed E-state index contributed by atoms with van der Waals surface area (Å²) in [5.74, 6) is 0.690. The fourth-order valence-corrected chi connectivity index (χ4v) is 1.95. The van der Waals surface area contributed by atoms with Gasteiger partial charge in [-0.25, -0.2) is 0 Å². The summed E-state index contributed by atoms with van der Waals surface area (Å²) in [6, 6.07) is 17.7. The fourth-order valence-electron chi connectivity index (χ4n) is 1.95. The van der Waals surface area contributed by atoms with Crippen molar-refractivity contribution in [2.75, 3.05) is 13.7 Å². The van der Waals surface area contributed by atoms with E-state index in [1.54, 1.807) is 19.3 Å². The summed E-state index contributed by atoms with van der Waals surface area (Å²) in [5.41, 5.74) is 2.15. The van der Waals surface area contributed by atoms with Crippen molar-refractivity contribution < 1.29 is 9.53 Å². The van der Waals surface area contributed by atoms with Crippen molar-refractivity contribution in [3.8, 4) is 5.75 Å². The number of hydrogen-bond acceptors (Lipinski definition) is 2. The lowest BCUT2D eigenvalue weighted by atomic mass is 10.1. The lowest BCUT2D eigenvalue weighted by Crippen LogP contribution is -2.23. The maximum Gasteiger partial charge on any atom is 0.244 e. The average Bonchev–Trinajstić information content (AvgIpc) is 2.54. The molecule has 1 N–H and O–H groups in total. The summed E-state index contributed by atoms with van der Waals surface area (Å²) in [5, 5.41) is 2.87. The van der Waals surface area contributed by atoms with Crippen molar-refractivity contribution in [2.24, 2.45) is 0 Å². The highest BCUT2D eigenvalue weighted by Gasteiger charge is 1.97. The molecule has 0 aliphatic heterocycles. The summed E-state index contributed by atoms with van der Waals surface area (Å²) in [4.78, 5) is 11.7. The van der Waals surface area contributed by atoms with Crippen LogP contribution in [0.5, 0.6) is 5.75 Å². The molecule has 3 nitrogen and oxygen atoms in total. The second-order valence-corrected chi connectivity index (χ2v) is 4.64. The van der Waals surface area contributed by atoms with Crippen molar-refractivity contribution in [1.29, 1.82) is 0 Å². The van der Waals surface area contributed by atoms with E-state index in [-0.39, 0.29) is 5.91 Å². The largest absolute Gasteiger partial charge is 0.497 e. The molecule has 2 rings (SSSR count). The molecule has 0 bridgehead atoms. The molecule has 0 aliphatic carbocycles. The van der Waals surface area contributed by atoms with Gasteiger partial charge in [-0.05, 0) is 35.8 Å². The third-order valence-corrected chi connectivity index (χ3v) is 3.08.